The van der Waals surface area contributed by atoms with Crippen molar-refractivity contribution in [2.75, 3.05) is 12.3 Å². The largest absolute Gasteiger partial charge is 0.398 e. The molecule has 0 radical (unpaired) electrons. The molecule has 3 rings (SSSR count). The summed E-state index contributed by atoms with van der Waals surface area (Å²) in [5.41, 5.74) is 9.05. The van der Waals surface area contributed by atoms with E-state index in [1.165, 1.54) is 6.42 Å². The van der Waals surface area contributed by atoms with E-state index in [9.17, 15) is 0 Å². The van der Waals surface area contributed by atoms with Crippen LogP contribution in [0.3, 0.4) is 0 Å². The fourth-order valence-electron chi connectivity index (χ4n) is 2.45. The molecule has 18 heavy (non-hydrogen) atoms. The van der Waals surface area contributed by atoms with Gasteiger partial charge in [0.15, 0.2) is 6.23 Å². The molecule has 1 aliphatic heterocycles. The molecule has 0 spiro atoms. The van der Waals surface area contributed by atoms with Crippen LogP contribution in [0.1, 0.15) is 31.1 Å². The maximum atomic E-state index is 6.14. The second-order valence-electron chi connectivity index (χ2n) is 4.75. The summed E-state index contributed by atoms with van der Waals surface area (Å²) in [6.45, 7) is 2.82. The summed E-state index contributed by atoms with van der Waals surface area (Å²) in [6.07, 6.45) is 3.37. The average Bonchev–Trinajstić information content (AvgIpc) is 2.73. The van der Waals surface area contributed by atoms with E-state index in [1.54, 1.807) is 0 Å². The third-order valence-electron chi connectivity index (χ3n) is 3.52. The van der Waals surface area contributed by atoms with Crippen molar-refractivity contribution >= 4 is 32.5 Å². The van der Waals surface area contributed by atoms with Crippen LogP contribution in [0, 0.1) is 6.92 Å². The van der Waals surface area contributed by atoms with Gasteiger partial charge in [-0.1, -0.05) is 6.07 Å². The van der Waals surface area contributed by atoms with Gasteiger partial charge >= 0.3 is 0 Å². The van der Waals surface area contributed by atoms with Crippen LogP contribution < -0.4 is 5.73 Å². The molecule has 0 amide bonds. The Balaban J connectivity index is 2.16. The maximum Gasteiger partial charge on any atom is 0.150 e. The Morgan fingerprint density at radius 1 is 1.44 bits per heavy atom. The van der Waals surface area contributed by atoms with Gasteiger partial charge in [-0.3, -0.25) is 0 Å². The first-order valence-electron chi connectivity index (χ1n) is 6.23. The number of nitrogens with zero attached hydrogens (tertiary/aromatic N) is 2. The molecule has 1 aromatic heterocycles. The van der Waals surface area contributed by atoms with Crippen molar-refractivity contribution in [3.8, 4) is 0 Å². The molecule has 1 atom stereocenters. The third kappa shape index (κ3) is 1.82. The number of nitrogens with two attached hydrogens (primary N) is 1. The van der Waals surface area contributed by atoms with Crippen LogP contribution in [0.15, 0.2) is 16.7 Å². The van der Waals surface area contributed by atoms with E-state index >= 15 is 0 Å². The quantitative estimate of drug-likeness (QED) is 0.822. The van der Waals surface area contributed by atoms with Gasteiger partial charge in [-0.15, -0.1) is 0 Å². The summed E-state index contributed by atoms with van der Waals surface area (Å²) < 4.78 is 8.55. The molecule has 5 heteroatoms. The Kier molecular flexibility index (Phi) is 3.03. The predicted octanol–water partition coefficient (Wildman–Crippen LogP) is 3.39. The van der Waals surface area contributed by atoms with Gasteiger partial charge in [0.1, 0.15) is 4.60 Å². The average molecular weight is 310 g/mol. The van der Waals surface area contributed by atoms with E-state index in [1.807, 2.05) is 17.7 Å². The number of benzene rings is 1. The highest BCUT2D eigenvalue weighted by Gasteiger charge is 2.21. The number of nitrogen functional groups attached to an aromatic ring is 1. The number of fused-ring (bicyclic) bond motifs is 1. The minimum absolute atomic E-state index is 0.0367. The molecule has 1 fully saturated rings. The minimum atomic E-state index is 0.0367. The summed E-state index contributed by atoms with van der Waals surface area (Å²) in [5.74, 6) is 0. The highest BCUT2D eigenvalue weighted by Crippen LogP contribution is 2.34. The molecule has 0 saturated carbocycles. The minimum Gasteiger partial charge on any atom is -0.398 e. The van der Waals surface area contributed by atoms with Crippen LogP contribution in [0.2, 0.25) is 0 Å². The monoisotopic (exact) mass is 309 g/mol. The molecule has 2 N–H and O–H groups in total. The Morgan fingerprint density at radius 2 is 2.28 bits per heavy atom. The van der Waals surface area contributed by atoms with Crippen molar-refractivity contribution in [3.05, 3.63) is 22.3 Å². The third-order valence-corrected chi connectivity index (χ3v) is 4.07. The zero-order chi connectivity index (χ0) is 12.7. The highest BCUT2D eigenvalue weighted by atomic mass is 79.9. The van der Waals surface area contributed by atoms with E-state index in [2.05, 4.69) is 27.1 Å². The second kappa shape index (κ2) is 4.55. The van der Waals surface area contributed by atoms with E-state index in [4.69, 9.17) is 10.5 Å². The first kappa shape index (κ1) is 12.0. The first-order valence-corrected chi connectivity index (χ1v) is 7.02. The van der Waals surface area contributed by atoms with Gasteiger partial charge in [0.2, 0.25) is 0 Å². The Hall–Kier alpha value is -1.07. The summed E-state index contributed by atoms with van der Waals surface area (Å²) in [4.78, 5) is 0. The van der Waals surface area contributed by atoms with Crippen molar-refractivity contribution in [1.82, 2.24) is 9.78 Å². The Labute approximate surface area is 114 Å². The van der Waals surface area contributed by atoms with Crippen LogP contribution in [-0.2, 0) is 4.74 Å². The van der Waals surface area contributed by atoms with Gasteiger partial charge in [-0.05, 0) is 53.7 Å². The number of halogens is 1. The lowest BCUT2D eigenvalue weighted by molar-refractivity contribution is -0.0368. The highest BCUT2D eigenvalue weighted by molar-refractivity contribution is 9.10. The number of anilines is 1. The summed E-state index contributed by atoms with van der Waals surface area (Å²) in [6, 6.07) is 4.10. The Bertz CT molecular complexity index is 587. The lowest BCUT2D eigenvalue weighted by atomic mass is 10.1. The summed E-state index contributed by atoms with van der Waals surface area (Å²) >= 11 is 3.50. The molecule has 2 heterocycles. The molecule has 0 aliphatic carbocycles. The topological polar surface area (TPSA) is 53.1 Å². The number of ether oxygens (including phenoxy) is 1. The Morgan fingerprint density at radius 3 is 3.00 bits per heavy atom. The molecule has 4 nitrogen and oxygen atoms in total. The van der Waals surface area contributed by atoms with Crippen molar-refractivity contribution in [3.63, 3.8) is 0 Å². The lowest BCUT2D eigenvalue weighted by Crippen LogP contribution is -2.19. The standard InChI is InChI=1S/C13H16BrN3O/c1-8-5-6-9-11(12(8)15)13(14)16-17(9)10-4-2-3-7-18-10/h5-6,10H,2-4,7,15H2,1H3. The van der Waals surface area contributed by atoms with E-state index in [0.717, 1.165) is 46.2 Å². The van der Waals surface area contributed by atoms with Crippen LogP contribution in [0.25, 0.3) is 10.9 Å². The number of hydrogen-bond donors (Lipinski definition) is 1. The number of aryl methyl sites for hydroxylation is 1. The van der Waals surface area contributed by atoms with E-state index in [-0.39, 0.29) is 6.23 Å². The summed E-state index contributed by atoms with van der Waals surface area (Å²) in [5, 5.41) is 5.53. The molecule has 0 bridgehead atoms. The van der Waals surface area contributed by atoms with Crippen molar-refractivity contribution < 1.29 is 4.74 Å². The zero-order valence-corrected chi connectivity index (χ0v) is 11.9. The molecule has 96 valence electrons. The molecule has 1 aromatic carbocycles. The van der Waals surface area contributed by atoms with Gasteiger partial charge < -0.3 is 10.5 Å². The van der Waals surface area contributed by atoms with Gasteiger partial charge in [0.05, 0.1) is 10.9 Å². The fourth-order valence-corrected chi connectivity index (χ4v) is 3.04. The predicted molar refractivity (Wildman–Crippen MR) is 75.4 cm³/mol. The summed E-state index contributed by atoms with van der Waals surface area (Å²) in [7, 11) is 0. The molecule has 2 aromatic rings. The number of aromatic nitrogens is 2. The second-order valence-corrected chi connectivity index (χ2v) is 5.50. The van der Waals surface area contributed by atoms with Crippen molar-refractivity contribution in [2.24, 2.45) is 0 Å². The normalized spacial score (nSPS) is 20.4. The zero-order valence-electron chi connectivity index (χ0n) is 10.3. The molecule has 1 saturated heterocycles. The smallest absolute Gasteiger partial charge is 0.150 e. The number of hydrogen-bond acceptors (Lipinski definition) is 3. The van der Waals surface area contributed by atoms with Crippen LogP contribution >= 0.6 is 15.9 Å². The molecule has 1 unspecified atom stereocenters. The van der Waals surface area contributed by atoms with Gasteiger partial charge in [-0.25, -0.2) is 4.68 Å². The number of rotatable bonds is 1. The van der Waals surface area contributed by atoms with Crippen molar-refractivity contribution in [1.29, 1.82) is 0 Å². The van der Waals surface area contributed by atoms with Crippen molar-refractivity contribution in [2.45, 2.75) is 32.4 Å². The van der Waals surface area contributed by atoms with Gasteiger partial charge in [0.25, 0.3) is 0 Å². The first-order chi connectivity index (χ1) is 8.68. The molecule has 1 aliphatic rings. The van der Waals surface area contributed by atoms with Crippen LogP contribution in [-0.4, -0.2) is 16.4 Å². The fraction of sp³-hybridized carbons (Fsp3) is 0.462. The maximum absolute atomic E-state index is 6.14. The van der Waals surface area contributed by atoms with E-state index < -0.39 is 0 Å². The SMILES string of the molecule is Cc1ccc2c(c(Br)nn2C2CCCCO2)c1N. The van der Waals surface area contributed by atoms with E-state index in [0.29, 0.717) is 0 Å². The molecular weight excluding hydrogens is 294 g/mol. The lowest BCUT2D eigenvalue weighted by Gasteiger charge is -2.23. The molecular formula is C13H16BrN3O. The van der Waals surface area contributed by atoms with Gasteiger partial charge in [0, 0.05) is 12.3 Å². The van der Waals surface area contributed by atoms with Crippen LogP contribution in [0.4, 0.5) is 5.69 Å². The van der Waals surface area contributed by atoms with Crippen LogP contribution in [0.5, 0.6) is 0 Å². The van der Waals surface area contributed by atoms with Gasteiger partial charge in [-0.2, -0.15) is 5.10 Å².